The van der Waals surface area contributed by atoms with Crippen molar-refractivity contribution in [2.75, 3.05) is 32.7 Å². The summed E-state index contributed by atoms with van der Waals surface area (Å²) in [7, 11) is 3.19. The van der Waals surface area contributed by atoms with E-state index in [-0.39, 0.29) is 29.2 Å². The number of amides is 1. The Morgan fingerprint density at radius 3 is 2.86 bits per heavy atom. The largest absolute Gasteiger partial charge is 0.495 e. The minimum Gasteiger partial charge on any atom is -0.495 e. The number of nitro groups is 1. The topological polar surface area (TPSA) is 103 Å². The van der Waals surface area contributed by atoms with E-state index in [0.29, 0.717) is 19.0 Å². The fourth-order valence-electron chi connectivity index (χ4n) is 2.23. The zero-order chi connectivity index (χ0) is 15.4. The van der Waals surface area contributed by atoms with Crippen molar-refractivity contribution in [3.8, 4) is 5.75 Å². The average Bonchev–Trinajstić information content (AvgIpc) is 2.95. The number of benzene rings is 1. The number of rotatable bonds is 5. The number of hydrogen-bond donors (Lipinski definition) is 2. The number of nitrogens with zero attached hydrogens (tertiary/aromatic N) is 1. The Balaban J connectivity index is 2.19. The van der Waals surface area contributed by atoms with Gasteiger partial charge in [0.25, 0.3) is 5.69 Å². The van der Waals surface area contributed by atoms with E-state index in [0.717, 1.165) is 0 Å². The van der Waals surface area contributed by atoms with E-state index in [1.807, 2.05) is 0 Å². The van der Waals surface area contributed by atoms with Crippen molar-refractivity contribution in [2.45, 2.75) is 6.04 Å². The summed E-state index contributed by atoms with van der Waals surface area (Å²) in [6, 6.07) is 3.98. The number of nitro benzene ring substituents is 1. The first-order valence-electron chi connectivity index (χ1n) is 6.45. The average molecular weight is 295 g/mol. The van der Waals surface area contributed by atoms with E-state index < -0.39 is 4.92 Å². The highest BCUT2D eigenvalue weighted by molar-refractivity contribution is 5.95. The summed E-state index contributed by atoms with van der Waals surface area (Å²) in [5.74, 6) is -0.238. The van der Waals surface area contributed by atoms with Crippen molar-refractivity contribution in [3.05, 3.63) is 28.3 Å². The molecule has 0 saturated carbocycles. The number of hydrogen-bond acceptors (Lipinski definition) is 6. The second-order valence-electron chi connectivity index (χ2n) is 4.67. The maximum absolute atomic E-state index is 12.3. The SMILES string of the molecule is CNC1COCC1C(=O)Nc1cc([N+](=O)[O-])ccc1OC. The van der Waals surface area contributed by atoms with E-state index in [1.54, 1.807) is 7.05 Å². The summed E-state index contributed by atoms with van der Waals surface area (Å²) >= 11 is 0. The molecule has 2 unspecified atom stereocenters. The summed E-state index contributed by atoms with van der Waals surface area (Å²) < 4.78 is 10.4. The van der Waals surface area contributed by atoms with Crippen LogP contribution in [0.5, 0.6) is 5.75 Å². The van der Waals surface area contributed by atoms with Crippen molar-refractivity contribution in [3.63, 3.8) is 0 Å². The highest BCUT2D eigenvalue weighted by Gasteiger charge is 2.33. The van der Waals surface area contributed by atoms with Crippen LogP contribution in [0.2, 0.25) is 0 Å². The van der Waals surface area contributed by atoms with Crippen LogP contribution in [0.4, 0.5) is 11.4 Å². The Hall–Kier alpha value is -2.19. The molecular formula is C13H17N3O5. The van der Waals surface area contributed by atoms with Gasteiger partial charge in [-0.25, -0.2) is 0 Å². The molecule has 1 fully saturated rings. The molecular weight excluding hydrogens is 278 g/mol. The Morgan fingerprint density at radius 1 is 1.48 bits per heavy atom. The monoisotopic (exact) mass is 295 g/mol. The first-order chi connectivity index (χ1) is 10.1. The number of likely N-dealkylation sites (N-methyl/N-ethyl adjacent to an activating group) is 1. The molecule has 8 nitrogen and oxygen atoms in total. The molecule has 8 heteroatoms. The number of non-ortho nitro benzene ring substituents is 1. The third kappa shape index (κ3) is 3.29. The highest BCUT2D eigenvalue weighted by atomic mass is 16.6. The smallest absolute Gasteiger partial charge is 0.271 e. The van der Waals surface area contributed by atoms with Gasteiger partial charge in [0, 0.05) is 18.2 Å². The molecule has 2 atom stereocenters. The molecule has 1 aromatic carbocycles. The molecule has 1 saturated heterocycles. The van der Waals surface area contributed by atoms with Gasteiger partial charge < -0.3 is 20.1 Å². The van der Waals surface area contributed by atoms with Crippen LogP contribution in [0.3, 0.4) is 0 Å². The molecule has 0 aromatic heterocycles. The number of anilines is 1. The lowest BCUT2D eigenvalue weighted by Crippen LogP contribution is -2.39. The molecule has 114 valence electrons. The van der Waals surface area contributed by atoms with E-state index >= 15 is 0 Å². The summed E-state index contributed by atoms with van der Waals surface area (Å²) in [4.78, 5) is 22.6. The van der Waals surface area contributed by atoms with Crippen molar-refractivity contribution in [1.82, 2.24) is 5.32 Å². The maximum atomic E-state index is 12.3. The maximum Gasteiger partial charge on any atom is 0.271 e. The Morgan fingerprint density at radius 2 is 2.24 bits per heavy atom. The number of ether oxygens (including phenoxy) is 2. The van der Waals surface area contributed by atoms with E-state index in [2.05, 4.69) is 10.6 Å². The zero-order valence-corrected chi connectivity index (χ0v) is 11.8. The van der Waals surface area contributed by atoms with Gasteiger partial charge in [-0.2, -0.15) is 0 Å². The molecule has 2 N–H and O–H groups in total. The summed E-state index contributed by atoms with van der Waals surface area (Å²) in [5, 5.41) is 16.5. The first-order valence-corrected chi connectivity index (χ1v) is 6.45. The molecule has 2 rings (SSSR count). The Kier molecular flexibility index (Phi) is 4.71. The van der Waals surface area contributed by atoms with Gasteiger partial charge in [0.1, 0.15) is 5.75 Å². The van der Waals surface area contributed by atoms with Gasteiger partial charge in [0.2, 0.25) is 5.91 Å². The van der Waals surface area contributed by atoms with Crippen molar-refractivity contribution < 1.29 is 19.2 Å². The Bertz CT molecular complexity index is 549. The van der Waals surface area contributed by atoms with E-state index in [9.17, 15) is 14.9 Å². The molecule has 1 heterocycles. The van der Waals surface area contributed by atoms with Crippen LogP contribution < -0.4 is 15.4 Å². The number of methoxy groups -OCH3 is 1. The van der Waals surface area contributed by atoms with Crippen LogP contribution in [0.15, 0.2) is 18.2 Å². The molecule has 0 radical (unpaired) electrons. The van der Waals surface area contributed by atoms with Gasteiger partial charge in [-0.05, 0) is 13.1 Å². The fourth-order valence-corrected chi connectivity index (χ4v) is 2.23. The lowest BCUT2D eigenvalue weighted by Gasteiger charge is -2.17. The lowest BCUT2D eigenvalue weighted by molar-refractivity contribution is -0.384. The van der Waals surface area contributed by atoms with Crippen LogP contribution in [-0.2, 0) is 9.53 Å². The van der Waals surface area contributed by atoms with Crippen LogP contribution in [0.1, 0.15) is 0 Å². The fraction of sp³-hybridized carbons (Fsp3) is 0.462. The van der Waals surface area contributed by atoms with Gasteiger partial charge in [0.05, 0.1) is 36.9 Å². The number of nitrogens with one attached hydrogen (secondary N) is 2. The van der Waals surface area contributed by atoms with Crippen LogP contribution in [0.25, 0.3) is 0 Å². The van der Waals surface area contributed by atoms with E-state index in [1.165, 1.54) is 25.3 Å². The molecule has 1 aliphatic rings. The van der Waals surface area contributed by atoms with Gasteiger partial charge in [0.15, 0.2) is 0 Å². The molecule has 1 aliphatic heterocycles. The molecule has 1 amide bonds. The minimum atomic E-state index is -0.524. The van der Waals surface area contributed by atoms with Crippen LogP contribution in [-0.4, -0.2) is 44.2 Å². The molecule has 1 aromatic rings. The lowest BCUT2D eigenvalue weighted by atomic mass is 10.0. The predicted molar refractivity (Wildman–Crippen MR) is 75.4 cm³/mol. The number of carbonyl (C=O) groups is 1. The second-order valence-corrected chi connectivity index (χ2v) is 4.67. The standard InChI is InChI=1S/C13H17N3O5/c1-14-11-7-21-6-9(11)13(17)15-10-5-8(16(18)19)3-4-12(10)20-2/h3-5,9,11,14H,6-7H2,1-2H3,(H,15,17). The van der Waals surface area contributed by atoms with Gasteiger partial charge in [-0.1, -0.05) is 0 Å². The Labute approximate surface area is 121 Å². The van der Waals surface area contributed by atoms with Gasteiger partial charge in [-0.15, -0.1) is 0 Å². The third-order valence-corrected chi connectivity index (χ3v) is 3.44. The third-order valence-electron chi connectivity index (χ3n) is 3.44. The predicted octanol–water partition coefficient (Wildman–Crippen LogP) is 0.776. The summed E-state index contributed by atoms with van der Waals surface area (Å²) in [5.41, 5.74) is 0.164. The van der Waals surface area contributed by atoms with Gasteiger partial charge >= 0.3 is 0 Å². The van der Waals surface area contributed by atoms with Crippen molar-refractivity contribution in [1.29, 1.82) is 0 Å². The molecule has 21 heavy (non-hydrogen) atoms. The molecule has 0 bridgehead atoms. The van der Waals surface area contributed by atoms with Crippen LogP contribution >= 0.6 is 0 Å². The van der Waals surface area contributed by atoms with Gasteiger partial charge in [-0.3, -0.25) is 14.9 Å². The first kappa shape index (κ1) is 15.2. The summed E-state index contributed by atoms with van der Waals surface area (Å²) in [6.07, 6.45) is 0. The van der Waals surface area contributed by atoms with E-state index in [4.69, 9.17) is 9.47 Å². The molecule has 0 aliphatic carbocycles. The highest BCUT2D eigenvalue weighted by Crippen LogP contribution is 2.29. The minimum absolute atomic E-state index is 0.0744. The van der Waals surface area contributed by atoms with Crippen molar-refractivity contribution in [2.24, 2.45) is 5.92 Å². The van der Waals surface area contributed by atoms with Crippen LogP contribution in [0, 0.1) is 16.0 Å². The second kappa shape index (κ2) is 6.51. The quantitative estimate of drug-likeness (QED) is 0.614. The zero-order valence-electron chi connectivity index (χ0n) is 11.8. The number of carbonyl (C=O) groups excluding carboxylic acids is 1. The normalized spacial score (nSPS) is 21.0. The summed E-state index contributed by atoms with van der Waals surface area (Å²) in [6.45, 7) is 0.773. The van der Waals surface area contributed by atoms with Crippen molar-refractivity contribution >= 4 is 17.3 Å². The molecule has 0 spiro atoms.